The van der Waals surface area contributed by atoms with Crippen LogP contribution in [-0.4, -0.2) is 29.0 Å². The van der Waals surface area contributed by atoms with Gasteiger partial charge in [0.25, 0.3) is 0 Å². The monoisotopic (exact) mass is 443 g/mol. The maximum atomic E-state index is 13.4. The fraction of sp³-hybridized carbons (Fsp3) is 0.458. The minimum atomic E-state index is -1.41. The predicted molar refractivity (Wildman–Crippen MR) is 122 cm³/mol. The second-order valence-corrected chi connectivity index (χ2v) is 9.56. The Kier molecular flexibility index (Phi) is 7.15. The van der Waals surface area contributed by atoms with Crippen LogP contribution in [0.3, 0.4) is 0 Å². The van der Waals surface area contributed by atoms with E-state index in [1.54, 1.807) is 17.0 Å². The van der Waals surface area contributed by atoms with Crippen molar-refractivity contribution in [3.05, 3.63) is 35.9 Å². The van der Waals surface area contributed by atoms with Gasteiger partial charge in [-0.15, -0.1) is 0 Å². The quantitative estimate of drug-likeness (QED) is 0.422. The standard InChI is InChI=1S/C24H29NO5S/c1-14(2)25(22(27)19-7-5-15(3)6-8-19)20-13-21(31-23(20)30-24(28)29)18-11-9-17(10-12-18)16(4)26/h9-15,19H,5-8H2,1-4H3,(H,28,29). The summed E-state index contributed by atoms with van der Waals surface area (Å²) in [5.41, 5.74) is 1.92. The van der Waals surface area contributed by atoms with E-state index in [1.165, 1.54) is 18.3 Å². The van der Waals surface area contributed by atoms with Crippen molar-refractivity contribution in [2.75, 3.05) is 4.90 Å². The number of benzene rings is 1. The fourth-order valence-electron chi connectivity index (χ4n) is 4.05. The number of Topliss-reactive ketones (excluding diaryl/α,β-unsaturated/α-hetero) is 1. The topological polar surface area (TPSA) is 83.9 Å². The van der Waals surface area contributed by atoms with Gasteiger partial charge in [-0.25, -0.2) is 4.79 Å². The first-order valence-corrected chi connectivity index (χ1v) is 11.5. The summed E-state index contributed by atoms with van der Waals surface area (Å²) in [6.07, 6.45) is 2.34. The molecule has 1 heterocycles. The zero-order chi connectivity index (χ0) is 22.7. The lowest BCUT2D eigenvalue weighted by molar-refractivity contribution is -0.123. The van der Waals surface area contributed by atoms with Gasteiger partial charge in [-0.1, -0.05) is 42.5 Å². The number of carbonyl (C=O) groups is 3. The largest absolute Gasteiger partial charge is 0.512 e. The summed E-state index contributed by atoms with van der Waals surface area (Å²) >= 11 is 1.18. The number of hydrogen-bond acceptors (Lipinski definition) is 5. The molecule has 1 aliphatic carbocycles. The second-order valence-electron chi connectivity index (χ2n) is 8.54. The Morgan fingerprint density at radius 2 is 1.71 bits per heavy atom. The zero-order valence-corrected chi connectivity index (χ0v) is 19.2. The highest BCUT2D eigenvalue weighted by Gasteiger charge is 2.33. The van der Waals surface area contributed by atoms with Crippen molar-refractivity contribution in [1.29, 1.82) is 0 Å². The SMILES string of the molecule is CC(=O)c1ccc(-c2cc(N(C(=O)C3CCC(C)CC3)C(C)C)c(OC(=O)O)s2)cc1. The lowest BCUT2D eigenvalue weighted by atomic mass is 9.82. The number of ketones is 1. The molecule has 1 aromatic heterocycles. The van der Waals surface area contributed by atoms with Gasteiger partial charge in [-0.2, -0.15) is 0 Å². The van der Waals surface area contributed by atoms with Crippen molar-refractivity contribution >= 4 is 34.9 Å². The number of carboxylic acid groups (broad SMARTS) is 1. The van der Waals surface area contributed by atoms with Gasteiger partial charge < -0.3 is 14.7 Å². The number of hydrogen-bond donors (Lipinski definition) is 1. The molecule has 0 radical (unpaired) electrons. The summed E-state index contributed by atoms with van der Waals surface area (Å²) in [6.45, 7) is 7.57. The molecule has 1 aliphatic rings. The molecule has 6 nitrogen and oxygen atoms in total. The first kappa shape index (κ1) is 23.0. The third kappa shape index (κ3) is 5.34. The molecular formula is C24H29NO5S. The van der Waals surface area contributed by atoms with Crippen molar-refractivity contribution in [3.8, 4) is 15.5 Å². The van der Waals surface area contributed by atoms with Crippen LogP contribution in [0, 0.1) is 11.8 Å². The molecule has 2 aromatic rings. The van der Waals surface area contributed by atoms with Crippen LogP contribution in [0.1, 0.15) is 63.7 Å². The second kappa shape index (κ2) is 9.64. The van der Waals surface area contributed by atoms with E-state index in [1.807, 2.05) is 32.0 Å². The van der Waals surface area contributed by atoms with E-state index in [9.17, 15) is 19.5 Å². The molecule has 0 aliphatic heterocycles. The van der Waals surface area contributed by atoms with Crippen molar-refractivity contribution in [2.45, 2.75) is 59.4 Å². The number of carbonyl (C=O) groups excluding carboxylic acids is 2. The van der Waals surface area contributed by atoms with E-state index in [2.05, 4.69) is 6.92 Å². The van der Waals surface area contributed by atoms with E-state index >= 15 is 0 Å². The highest BCUT2D eigenvalue weighted by atomic mass is 32.1. The van der Waals surface area contributed by atoms with Crippen molar-refractivity contribution in [1.82, 2.24) is 0 Å². The Labute approximate surface area is 186 Å². The summed E-state index contributed by atoms with van der Waals surface area (Å²) in [7, 11) is 0. The molecule has 7 heteroatoms. The molecule has 0 saturated heterocycles. The lowest BCUT2D eigenvalue weighted by Gasteiger charge is -2.33. The zero-order valence-electron chi connectivity index (χ0n) is 18.4. The normalized spacial score (nSPS) is 18.6. The van der Waals surface area contributed by atoms with E-state index in [-0.39, 0.29) is 28.7 Å². The Bertz CT molecular complexity index is 955. The summed E-state index contributed by atoms with van der Waals surface area (Å²) in [4.78, 5) is 38.8. The van der Waals surface area contributed by atoms with Gasteiger partial charge in [-0.3, -0.25) is 9.59 Å². The third-order valence-corrected chi connectivity index (χ3v) is 6.87. The highest BCUT2D eigenvalue weighted by molar-refractivity contribution is 7.18. The average molecular weight is 444 g/mol. The summed E-state index contributed by atoms with van der Waals surface area (Å²) in [5.74, 6) is 0.572. The van der Waals surface area contributed by atoms with Crippen LogP contribution >= 0.6 is 11.3 Å². The smallest absolute Gasteiger partial charge is 0.449 e. The van der Waals surface area contributed by atoms with Gasteiger partial charge in [0, 0.05) is 22.4 Å². The maximum Gasteiger partial charge on any atom is 0.512 e. The molecule has 1 amide bonds. The van der Waals surface area contributed by atoms with Crippen LogP contribution in [0.15, 0.2) is 30.3 Å². The number of rotatable bonds is 6. The molecule has 31 heavy (non-hydrogen) atoms. The van der Waals surface area contributed by atoms with Crippen LogP contribution in [0.2, 0.25) is 0 Å². The minimum Gasteiger partial charge on any atom is -0.449 e. The van der Waals surface area contributed by atoms with Crippen molar-refractivity contribution in [2.24, 2.45) is 11.8 Å². The van der Waals surface area contributed by atoms with Crippen LogP contribution in [0.5, 0.6) is 5.06 Å². The molecule has 1 saturated carbocycles. The van der Waals surface area contributed by atoms with Crippen molar-refractivity contribution in [3.63, 3.8) is 0 Å². The van der Waals surface area contributed by atoms with Crippen LogP contribution in [-0.2, 0) is 4.79 Å². The van der Waals surface area contributed by atoms with Gasteiger partial charge in [0.1, 0.15) is 0 Å². The maximum absolute atomic E-state index is 13.4. The molecule has 0 atom stereocenters. The van der Waals surface area contributed by atoms with E-state index in [0.717, 1.165) is 36.1 Å². The van der Waals surface area contributed by atoms with E-state index in [0.29, 0.717) is 17.2 Å². The summed E-state index contributed by atoms with van der Waals surface area (Å²) in [5, 5.41) is 9.43. The van der Waals surface area contributed by atoms with Crippen LogP contribution < -0.4 is 9.64 Å². The molecule has 0 bridgehead atoms. The van der Waals surface area contributed by atoms with Crippen LogP contribution in [0.4, 0.5) is 10.5 Å². The molecule has 0 spiro atoms. The number of ether oxygens (including phenoxy) is 1. The first-order chi connectivity index (χ1) is 14.7. The number of thiophene rings is 1. The van der Waals surface area contributed by atoms with Gasteiger partial charge in [0.15, 0.2) is 5.78 Å². The van der Waals surface area contributed by atoms with Gasteiger partial charge in [0.05, 0.1) is 5.69 Å². The van der Waals surface area contributed by atoms with Crippen molar-refractivity contribution < 1.29 is 24.2 Å². The highest BCUT2D eigenvalue weighted by Crippen LogP contribution is 2.45. The van der Waals surface area contributed by atoms with Gasteiger partial charge in [0.2, 0.25) is 11.0 Å². The number of amides is 1. The number of nitrogens with zero attached hydrogens (tertiary/aromatic N) is 1. The molecule has 1 fully saturated rings. The molecule has 1 aromatic carbocycles. The van der Waals surface area contributed by atoms with Gasteiger partial charge in [-0.05, 0) is 64.0 Å². The molecule has 3 rings (SSSR count). The summed E-state index contributed by atoms with van der Waals surface area (Å²) in [6, 6.07) is 8.79. The van der Waals surface area contributed by atoms with E-state index in [4.69, 9.17) is 4.74 Å². The van der Waals surface area contributed by atoms with E-state index < -0.39 is 6.16 Å². The summed E-state index contributed by atoms with van der Waals surface area (Å²) < 4.78 is 5.08. The Hall–Kier alpha value is -2.67. The van der Waals surface area contributed by atoms with Gasteiger partial charge >= 0.3 is 6.16 Å². The number of anilines is 1. The fourth-order valence-corrected chi connectivity index (χ4v) is 5.05. The van der Waals surface area contributed by atoms with Crippen LogP contribution in [0.25, 0.3) is 10.4 Å². The Morgan fingerprint density at radius 3 is 2.23 bits per heavy atom. The molecule has 0 unspecified atom stereocenters. The first-order valence-electron chi connectivity index (χ1n) is 10.7. The Balaban J connectivity index is 1.98. The Morgan fingerprint density at radius 1 is 1.10 bits per heavy atom. The lowest BCUT2D eigenvalue weighted by Crippen LogP contribution is -2.42. The molecular weight excluding hydrogens is 414 g/mol. The average Bonchev–Trinajstić information content (AvgIpc) is 3.11. The third-order valence-electron chi connectivity index (χ3n) is 5.81. The molecule has 166 valence electrons. The predicted octanol–water partition coefficient (Wildman–Crippen LogP) is 6.24. The minimum absolute atomic E-state index is 0.0216. The molecule has 1 N–H and O–H groups in total.